The molecule has 1 aliphatic rings. The summed E-state index contributed by atoms with van der Waals surface area (Å²) in [5, 5.41) is 5.15. The lowest BCUT2D eigenvalue weighted by Gasteiger charge is -2.17. The summed E-state index contributed by atoms with van der Waals surface area (Å²) in [6.07, 6.45) is 0. The number of rotatable bonds is 4. The highest BCUT2D eigenvalue weighted by atomic mass is 32.1. The minimum Gasteiger partial charge on any atom is -0.350 e. The molecule has 1 aromatic heterocycles. The summed E-state index contributed by atoms with van der Waals surface area (Å²) in [5.74, 6) is -0.631. The molecule has 2 aromatic carbocycles. The van der Waals surface area contributed by atoms with Crippen molar-refractivity contribution in [2.45, 2.75) is 27.7 Å². The molecule has 0 aliphatic carbocycles. The molecule has 0 unspecified atom stereocenters. The van der Waals surface area contributed by atoms with Crippen LogP contribution in [0.4, 0.5) is 11.4 Å². The van der Waals surface area contributed by atoms with E-state index in [0.717, 1.165) is 32.8 Å². The van der Waals surface area contributed by atoms with Crippen LogP contribution in [0.25, 0.3) is 5.57 Å². The van der Waals surface area contributed by atoms with Crippen molar-refractivity contribution in [2.75, 3.05) is 10.2 Å². The molecule has 3 aromatic rings. The Labute approximate surface area is 174 Å². The quantitative estimate of drug-likeness (QED) is 0.596. The van der Waals surface area contributed by atoms with Crippen molar-refractivity contribution >= 4 is 40.1 Å². The summed E-state index contributed by atoms with van der Waals surface area (Å²) in [5.41, 5.74) is 6.47. The molecular formula is C24H22N2O2S. The molecule has 5 heteroatoms. The molecule has 1 N–H and O–H groups in total. The second-order valence-corrected chi connectivity index (χ2v) is 8.39. The number of carbonyl (C=O) groups is 2. The zero-order valence-corrected chi connectivity index (χ0v) is 17.7. The highest BCUT2D eigenvalue weighted by molar-refractivity contribution is 7.11. The van der Waals surface area contributed by atoms with Gasteiger partial charge in [-0.2, -0.15) is 0 Å². The fourth-order valence-electron chi connectivity index (χ4n) is 3.59. The first-order valence-corrected chi connectivity index (χ1v) is 10.3. The first kappa shape index (κ1) is 19.2. The van der Waals surface area contributed by atoms with Gasteiger partial charge in [0.15, 0.2) is 0 Å². The van der Waals surface area contributed by atoms with Crippen molar-refractivity contribution in [2.24, 2.45) is 0 Å². The number of hydrogen-bond donors (Lipinski definition) is 1. The van der Waals surface area contributed by atoms with Crippen molar-refractivity contribution in [1.82, 2.24) is 0 Å². The van der Waals surface area contributed by atoms with Gasteiger partial charge < -0.3 is 5.32 Å². The molecule has 29 heavy (non-hydrogen) atoms. The number of nitrogens with one attached hydrogen (secondary N) is 1. The van der Waals surface area contributed by atoms with Gasteiger partial charge in [0.05, 0.1) is 11.3 Å². The van der Waals surface area contributed by atoms with E-state index in [1.807, 2.05) is 75.5 Å². The average Bonchev–Trinajstić information content (AvgIpc) is 3.24. The van der Waals surface area contributed by atoms with E-state index in [4.69, 9.17) is 0 Å². The molecule has 0 radical (unpaired) electrons. The maximum atomic E-state index is 13.4. The van der Waals surface area contributed by atoms with Crippen LogP contribution in [0.1, 0.15) is 27.1 Å². The number of hydrogen-bond acceptors (Lipinski definition) is 4. The second kappa shape index (κ2) is 7.33. The van der Waals surface area contributed by atoms with Gasteiger partial charge in [-0.15, -0.1) is 11.3 Å². The topological polar surface area (TPSA) is 49.4 Å². The first-order valence-electron chi connectivity index (χ1n) is 9.44. The van der Waals surface area contributed by atoms with Gasteiger partial charge in [0.2, 0.25) is 0 Å². The number of thiophene rings is 1. The summed E-state index contributed by atoms with van der Waals surface area (Å²) in [7, 11) is 0. The predicted molar refractivity (Wildman–Crippen MR) is 119 cm³/mol. The number of nitrogens with zero attached hydrogens (tertiary/aromatic N) is 1. The molecule has 0 fully saturated rings. The Bertz CT molecular complexity index is 1140. The Kier molecular flexibility index (Phi) is 4.84. The van der Waals surface area contributed by atoms with Crippen molar-refractivity contribution in [3.05, 3.63) is 86.7 Å². The smallest absolute Gasteiger partial charge is 0.282 e. The van der Waals surface area contributed by atoms with Crippen LogP contribution in [0, 0.1) is 27.7 Å². The van der Waals surface area contributed by atoms with Crippen LogP contribution in [0.15, 0.2) is 59.6 Å². The third-order valence-electron chi connectivity index (χ3n) is 5.09. The molecule has 4 rings (SSSR count). The lowest BCUT2D eigenvalue weighted by Crippen LogP contribution is -2.32. The van der Waals surface area contributed by atoms with Crippen molar-refractivity contribution < 1.29 is 9.59 Å². The van der Waals surface area contributed by atoms with Gasteiger partial charge in [-0.05, 0) is 85.7 Å². The molecule has 0 bridgehead atoms. The molecule has 2 amide bonds. The van der Waals surface area contributed by atoms with Gasteiger partial charge in [-0.3, -0.25) is 9.59 Å². The van der Waals surface area contributed by atoms with Crippen LogP contribution in [0.5, 0.6) is 0 Å². The van der Waals surface area contributed by atoms with E-state index in [0.29, 0.717) is 17.0 Å². The zero-order chi connectivity index (χ0) is 20.7. The van der Waals surface area contributed by atoms with E-state index in [1.165, 1.54) is 16.2 Å². The van der Waals surface area contributed by atoms with Crippen molar-refractivity contribution in [1.29, 1.82) is 0 Å². The summed E-state index contributed by atoms with van der Waals surface area (Å²) in [6, 6.07) is 15.4. The number of carbonyl (C=O) groups excluding carboxylic acids is 2. The number of aryl methyl sites for hydroxylation is 4. The number of imide groups is 1. The van der Waals surface area contributed by atoms with Gasteiger partial charge in [-0.1, -0.05) is 18.2 Å². The maximum absolute atomic E-state index is 13.4. The summed E-state index contributed by atoms with van der Waals surface area (Å²) in [4.78, 5) is 28.8. The van der Waals surface area contributed by atoms with Gasteiger partial charge in [0.25, 0.3) is 11.8 Å². The van der Waals surface area contributed by atoms with Crippen LogP contribution in [-0.2, 0) is 9.59 Å². The minimum absolute atomic E-state index is 0.299. The van der Waals surface area contributed by atoms with Gasteiger partial charge in [-0.25, -0.2) is 4.90 Å². The molecular weight excluding hydrogens is 380 g/mol. The summed E-state index contributed by atoms with van der Waals surface area (Å²) >= 11 is 1.45. The number of anilines is 2. The Hall–Kier alpha value is -3.18. The highest BCUT2D eigenvalue weighted by Crippen LogP contribution is 2.36. The standard InChI is InChI=1S/C24H22N2O2S/c1-14-10-15(2)12-18(11-14)25-22-21(20-6-5-9-29-20)23(27)26(24(22)28)19-8-7-16(3)17(4)13-19/h5-13,25H,1-4H3. The maximum Gasteiger partial charge on any atom is 0.282 e. The SMILES string of the molecule is Cc1cc(C)cc(NC2=C(c3cccs3)C(=O)N(c3ccc(C)c(C)c3)C2=O)c1. The van der Waals surface area contributed by atoms with Crippen LogP contribution >= 0.6 is 11.3 Å². The molecule has 0 atom stereocenters. The van der Waals surface area contributed by atoms with Gasteiger partial charge in [0, 0.05) is 10.6 Å². The second-order valence-electron chi connectivity index (χ2n) is 7.44. The molecule has 146 valence electrons. The van der Waals surface area contributed by atoms with Gasteiger partial charge in [0.1, 0.15) is 5.70 Å². The number of benzene rings is 2. The average molecular weight is 403 g/mol. The minimum atomic E-state index is -0.333. The van der Waals surface area contributed by atoms with E-state index < -0.39 is 0 Å². The van der Waals surface area contributed by atoms with E-state index >= 15 is 0 Å². The van der Waals surface area contributed by atoms with Crippen LogP contribution < -0.4 is 10.2 Å². The first-order chi connectivity index (χ1) is 13.8. The third kappa shape index (κ3) is 3.49. The van der Waals surface area contributed by atoms with E-state index in [1.54, 1.807) is 0 Å². The third-order valence-corrected chi connectivity index (χ3v) is 5.98. The molecule has 2 heterocycles. The van der Waals surface area contributed by atoms with Crippen molar-refractivity contribution in [3.8, 4) is 0 Å². The Balaban J connectivity index is 1.81. The van der Waals surface area contributed by atoms with Crippen LogP contribution in [0.3, 0.4) is 0 Å². The number of amides is 2. The lowest BCUT2D eigenvalue weighted by molar-refractivity contribution is -0.120. The van der Waals surface area contributed by atoms with Gasteiger partial charge >= 0.3 is 0 Å². The molecule has 1 aliphatic heterocycles. The van der Waals surface area contributed by atoms with Crippen LogP contribution in [0.2, 0.25) is 0 Å². The monoisotopic (exact) mass is 402 g/mol. The van der Waals surface area contributed by atoms with E-state index in [2.05, 4.69) is 11.4 Å². The molecule has 0 saturated carbocycles. The Morgan fingerprint density at radius 3 is 2.17 bits per heavy atom. The van der Waals surface area contributed by atoms with E-state index in [9.17, 15) is 9.59 Å². The Morgan fingerprint density at radius 1 is 0.828 bits per heavy atom. The normalized spacial score (nSPS) is 14.1. The van der Waals surface area contributed by atoms with Crippen LogP contribution in [-0.4, -0.2) is 11.8 Å². The summed E-state index contributed by atoms with van der Waals surface area (Å²) in [6.45, 7) is 8.01. The lowest BCUT2D eigenvalue weighted by atomic mass is 10.1. The molecule has 0 spiro atoms. The Morgan fingerprint density at radius 2 is 1.55 bits per heavy atom. The summed E-state index contributed by atoms with van der Waals surface area (Å²) < 4.78 is 0. The zero-order valence-electron chi connectivity index (χ0n) is 16.9. The fraction of sp³-hybridized carbons (Fsp3) is 0.167. The fourth-order valence-corrected chi connectivity index (χ4v) is 4.35. The molecule has 0 saturated heterocycles. The largest absolute Gasteiger partial charge is 0.350 e. The van der Waals surface area contributed by atoms with E-state index in [-0.39, 0.29) is 11.8 Å². The predicted octanol–water partition coefficient (Wildman–Crippen LogP) is 5.38. The highest BCUT2D eigenvalue weighted by Gasteiger charge is 2.40. The van der Waals surface area contributed by atoms with Crippen molar-refractivity contribution in [3.63, 3.8) is 0 Å². The molecule has 4 nitrogen and oxygen atoms in total.